The molecule has 8 heteroatoms. The van der Waals surface area contributed by atoms with E-state index in [1.54, 1.807) is 23.3 Å². The Balaban J connectivity index is 1.40. The monoisotopic (exact) mass is 409 g/mol. The molecule has 0 atom stereocenters. The van der Waals surface area contributed by atoms with Crippen LogP contribution in [0.5, 0.6) is 0 Å². The van der Waals surface area contributed by atoms with Gasteiger partial charge in [-0.3, -0.25) is 14.3 Å². The van der Waals surface area contributed by atoms with E-state index in [1.165, 1.54) is 10.9 Å². The van der Waals surface area contributed by atoms with Crippen molar-refractivity contribution in [3.63, 3.8) is 0 Å². The molecule has 1 saturated heterocycles. The number of hydrogen-bond acceptors (Lipinski definition) is 5. The highest BCUT2D eigenvalue weighted by Crippen LogP contribution is 2.27. The van der Waals surface area contributed by atoms with Gasteiger partial charge in [-0.25, -0.2) is 4.98 Å². The third-order valence-electron chi connectivity index (χ3n) is 5.04. The van der Waals surface area contributed by atoms with Crippen LogP contribution in [0.1, 0.15) is 37.2 Å². The lowest BCUT2D eigenvalue weighted by Gasteiger charge is -2.30. The lowest BCUT2D eigenvalue weighted by atomic mass is 10.1. The van der Waals surface area contributed by atoms with Crippen molar-refractivity contribution in [1.29, 1.82) is 0 Å². The zero-order valence-corrected chi connectivity index (χ0v) is 17.3. The van der Waals surface area contributed by atoms with Crippen LogP contribution in [-0.4, -0.2) is 51.1 Å². The van der Waals surface area contributed by atoms with E-state index in [1.807, 2.05) is 30.3 Å². The summed E-state index contributed by atoms with van der Waals surface area (Å²) in [5.74, 6) is -0.414. The van der Waals surface area contributed by atoms with E-state index in [4.69, 9.17) is 4.98 Å². The first-order valence-corrected chi connectivity index (χ1v) is 10.5. The minimum Gasteiger partial charge on any atom is -0.350 e. The number of carbonyl (C=O) groups is 2. The van der Waals surface area contributed by atoms with Gasteiger partial charge in [-0.05, 0) is 13.3 Å². The van der Waals surface area contributed by atoms with Gasteiger partial charge in [0, 0.05) is 43.5 Å². The van der Waals surface area contributed by atoms with Crippen molar-refractivity contribution in [2.45, 2.75) is 19.8 Å². The standard InChI is InChI=1S/C21H23N5O2S/c1-14-18(15-7-4-3-5-8-15)24-17(29-14)9-10-22-20(27)19-16(13-23-25(19)2)21(28)26-11-6-12-26/h3-5,7-8,13H,6,9-12H2,1-2H3,(H,22,27). The fourth-order valence-electron chi connectivity index (χ4n) is 3.34. The Morgan fingerprint density at radius 1 is 1.21 bits per heavy atom. The van der Waals surface area contributed by atoms with Crippen LogP contribution in [0.4, 0.5) is 0 Å². The maximum atomic E-state index is 12.7. The molecule has 1 aliphatic heterocycles. The van der Waals surface area contributed by atoms with E-state index < -0.39 is 0 Å². The minimum atomic E-state index is -0.287. The molecular weight excluding hydrogens is 386 g/mol. The molecular formula is C21H23N5O2S. The number of nitrogens with zero attached hydrogens (tertiary/aromatic N) is 4. The van der Waals surface area contributed by atoms with E-state index in [-0.39, 0.29) is 11.8 Å². The van der Waals surface area contributed by atoms with Gasteiger partial charge in [-0.2, -0.15) is 5.10 Å². The molecule has 1 aromatic carbocycles. The summed E-state index contributed by atoms with van der Waals surface area (Å²) in [5, 5.41) is 8.00. The van der Waals surface area contributed by atoms with Crippen molar-refractivity contribution in [2.24, 2.45) is 7.05 Å². The first kappa shape index (κ1) is 19.3. The Kier molecular flexibility index (Phi) is 5.44. The molecule has 7 nitrogen and oxygen atoms in total. The summed E-state index contributed by atoms with van der Waals surface area (Å²) in [4.78, 5) is 32.9. The average Bonchev–Trinajstić information content (AvgIpc) is 3.23. The third kappa shape index (κ3) is 3.93. The molecule has 1 fully saturated rings. The lowest BCUT2D eigenvalue weighted by Crippen LogP contribution is -2.43. The molecule has 2 aromatic heterocycles. The Morgan fingerprint density at radius 2 is 1.97 bits per heavy atom. The summed E-state index contributed by atoms with van der Waals surface area (Å²) in [6, 6.07) is 10.1. The predicted octanol–water partition coefficient (Wildman–Crippen LogP) is 2.67. The average molecular weight is 410 g/mol. The zero-order valence-electron chi connectivity index (χ0n) is 16.5. The molecule has 29 heavy (non-hydrogen) atoms. The lowest BCUT2D eigenvalue weighted by molar-refractivity contribution is 0.0647. The molecule has 0 unspecified atom stereocenters. The third-order valence-corrected chi connectivity index (χ3v) is 6.07. The molecule has 3 aromatic rings. The minimum absolute atomic E-state index is 0.127. The van der Waals surface area contributed by atoms with Gasteiger partial charge in [0.2, 0.25) is 0 Å². The van der Waals surface area contributed by atoms with Crippen LogP contribution in [0.3, 0.4) is 0 Å². The number of hydrogen-bond donors (Lipinski definition) is 1. The topological polar surface area (TPSA) is 80.1 Å². The van der Waals surface area contributed by atoms with E-state index in [0.717, 1.165) is 40.7 Å². The summed E-state index contributed by atoms with van der Waals surface area (Å²) in [7, 11) is 1.68. The molecule has 0 saturated carbocycles. The molecule has 2 amide bonds. The molecule has 1 aliphatic rings. The summed E-state index contributed by atoms with van der Waals surface area (Å²) in [6.07, 6.45) is 3.12. The smallest absolute Gasteiger partial charge is 0.270 e. The number of benzene rings is 1. The molecule has 4 rings (SSSR count). The van der Waals surface area contributed by atoms with E-state index in [9.17, 15) is 9.59 Å². The van der Waals surface area contributed by atoms with E-state index in [0.29, 0.717) is 24.2 Å². The molecule has 1 N–H and O–H groups in total. The van der Waals surface area contributed by atoms with Crippen molar-refractivity contribution < 1.29 is 9.59 Å². The highest BCUT2D eigenvalue weighted by Gasteiger charge is 2.28. The highest BCUT2D eigenvalue weighted by atomic mass is 32.1. The number of aromatic nitrogens is 3. The van der Waals surface area contributed by atoms with Crippen molar-refractivity contribution >= 4 is 23.2 Å². The summed E-state index contributed by atoms with van der Waals surface area (Å²) < 4.78 is 1.46. The Bertz CT molecular complexity index is 1040. The number of amides is 2. The Morgan fingerprint density at radius 3 is 2.66 bits per heavy atom. The summed E-state index contributed by atoms with van der Waals surface area (Å²) in [5.41, 5.74) is 2.76. The number of rotatable bonds is 6. The van der Waals surface area contributed by atoms with Crippen molar-refractivity contribution in [2.75, 3.05) is 19.6 Å². The van der Waals surface area contributed by atoms with Gasteiger partial charge in [0.1, 0.15) is 5.69 Å². The number of carbonyl (C=O) groups excluding carboxylic acids is 2. The van der Waals surface area contributed by atoms with Gasteiger partial charge < -0.3 is 10.2 Å². The number of aryl methyl sites for hydroxylation is 2. The normalized spacial score (nSPS) is 13.2. The number of likely N-dealkylation sites (tertiary alicyclic amines) is 1. The van der Waals surface area contributed by atoms with E-state index in [2.05, 4.69) is 17.3 Å². The van der Waals surface area contributed by atoms with E-state index >= 15 is 0 Å². The van der Waals surface area contributed by atoms with Gasteiger partial charge in [0.15, 0.2) is 0 Å². The van der Waals surface area contributed by atoms with Gasteiger partial charge >= 0.3 is 0 Å². The van der Waals surface area contributed by atoms with Crippen LogP contribution < -0.4 is 5.32 Å². The van der Waals surface area contributed by atoms with Crippen LogP contribution in [0.15, 0.2) is 36.5 Å². The fourth-order valence-corrected chi connectivity index (χ4v) is 4.30. The van der Waals surface area contributed by atoms with Crippen LogP contribution in [0.2, 0.25) is 0 Å². The largest absolute Gasteiger partial charge is 0.350 e. The van der Waals surface area contributed by atoms with Gasteiger partial charge in [0.25, 0.3) is 11.8 Å². The van der Waals surface area contributed by atoms with Crippen LogP contribution in [0.25, 0.3) is 11.3 Å². The molecule has 3 heterocycles. The number of nitrogens with one attached hydrogen (secondary N) is 1. The summed E-state index contributed by atoms with van der Waals surface area (Å²) >= 11 is 1.64. The van der Waals surface area contributed by atoms with Crippen molar-refractivity contribution in [1.82, 2.24) is 25.0 Å². The Hall–Kier alpha value is -3.00. The van der Waals surface area contributed by atoms with Crippen molar-refractivity contribution in [3.8, 4) is 11.3 Å². The molecule has 0 bridgehead atoms. The SMILES string of the molecule is Cc1sc(CCNC(=O)c2c(C(=O)N3CCC3)cnn2C)nc1-c1ccccc1. The molecule has 0 spiro atoms. The Labute approximate surface area is 173 Å². The zero-order chi connectivity index (χ0) is 20.4. The molecule has 150 valence electrons. The second kappa shape index (κ2) is 8.16. The quantitative estimate of drug-likeness (QED) is 0.679. The van der Waals surface area contributed by atoms with Crippen LogP contribution in [-0.2, 0) is 13.5 Å². The highest BCUT2D eigenvalue weighted by molar-refractivity contribution is 7.12. The van der Waals surface area contributed by atoms with Crippen molar-refractivity contribution in [3.05, 3.63) is 57.7 Å². The van der Waals surface area contributed by atoms with Gasteiger partial charge in [-0.1, -0.05) is 30.3 Å². The van der Waals surface area contributed by atoms with Gasteiger partial charge in [0.05, 0.1) is 22.5 Å². The molecule has 0 radical (unpaired) electrons. The van der Waals surface area contributed by atoms with Crippen LogP contribution >= 0.6 is 11.3 Å². The fraction of sp³-hybridized carbons (Fsp3) is 0.333. The first-order valence-electron chi connectivity index (χ1n) is 9.66. The first-order chi connectivity index (χ1) is 14.0. The second-order valence-electron chi connectivity index (χ2n) is 7.06. The second-order valence-corrected chi connectivity index (χ2v) is 8.35. The number of thiazole rings is 1. The maximum absolute atomic E-state index is 12.7. The maximum Gasteiger partial charge on any atom is 0.270 e. The summed E-state index contributed by atoms with van der Waals surface area (Å²) in [6.45, 7) is 3.98. The molecule has 0 aliphatic carbocycles. The predicted molar refractivity (Wildman–Crippen MR) is 112 cm³/mol. The van der Waals surface area contributed by atoms with Gasteiger partial charge in [-0.15, -0.1) is 11.3 Å². The van der Waals surface area contributed by atoms with Crippen LogP contribution in [0, 0.1) is 6.92 Å².